The molecule has 0 atom stereocenters. The van der Waals surface area contributed by atoms with E-state index in [9.17, 15) is 9.90 Å². The molecule has 3 heteroatoms. The van der Waals surface area contributed by atoms with Crippen molar-refractivity contribution in [2.45, 2.75) is 124 Å². The van der Waals surface area contributed by atoms with Gasteiger partial charge >= 0.3 is 5.97 Å². The quantitative estimate of drug-likeness (QED) is 0.0982. The van der Waals surface area contributed by atoms with E-state index < -0.39 is 0 Å². The standard InChI is InChI=1S/C43H58O3/c1-7-9-10-13-33-15-17-35(18-16-33)36-21-22-41(31(5)26-36)40-27-32(6)42(38(29-40)12-8-2)39-20-19-34(14-11-24-44)37(28-39)23-25-46-43(45)30(3)4/h19-22,26-29,33,35,44H,3,7-18,23-25H2,1-2,4-6H3. The van der Waals surface area contributed by atoms with Gasteiger partial charge in [0.25, 0.3) is 0 Å². The summed E-state index contributed by atoms with van der Waals surface area (Å²) in [4.78, 5) is 12.0. The van der Waals surface area contributed by atoms with Gasteiger partial charge in [0.2, 0.25) is 0 Å². The Labute approximate surface area is 279 Å². The van der Waals surface area contributed by atoms with Crippen LogP contribution in [-0.2, 0) is 28.8 Å². The highest BCUT2D eigenvalue weighted by Crippen LogP contribution is 2.40. The second-order valence-corrected chi connectivity index (χ2v) is 13.8. The van der Waals surface area contributed by atoms with E-state index in [1.807, 2.05) is 0 Å². The van der Waals surface area contributed by atoms with Crippen LogP contribution >= 0.6 is 0 Å². The van der Waals surface area contributed by atoms with Crippen molar-refractivity contribution in [1.82, 2.24) is 0 Å². The Hall–Kier alpha value is -3.17. The highest BCUT2D eigenvalue weighted by Gasteiger charge is 2.23. The van der Waals surface area contributed by atoms with Crippen LogP contribution in [0.2, 0.25) is 0 Å². The maximum Gasteiger partial charge on any atom is 0.333 e. The fraction of sp³-hybridized carbons (Fsp3) is 0.512. The Morgan fingerprint density at radius 2 is 1.57 bits per heavy atom. The van der Waals surface area contributed by atoms with Crippen LogP contribution in [-0.4, -0.2) is 24.3 Å². The fourth-order valence-electron chi connectivity index (χ4n) is 7.53. The summed E-state index contributed by atoms with van der Waals surface area (Å²) in [6.45, 7) is 14.9. The van der Waals surface area contributed by atoms with Gasteiger partial charge in [0.1, 0.15) is 0 Å². The number of carbonyl (C=O) groups excluding carboxylic acids is 1. The summed E-state index contributed by atoms with van der Waals surface area (Å²) in [5, 5.41) is 9.48. The average molecular weight is 623 g/mol. The third-order valence-electron chi connectivity index (χ3n) is 10.1. The summed E-state index contributed by atoms with van der Waals surface area (Å²) < 4.78 is 5.46. The summed E-state index contributed by atoms with van der Waals surface area (Å²) in [5.74, 6) is 1.29. The smallest absolute Gasteiger partial charge is 0.333 e. The van der Waals surface area contributed by atoms with Crippen LogP contribution in [0.4, 0.5) is 0 Å². The maximum atomic E-state index is 12.0. The third kappa shape index (κ3) is 9.44. The molecule has 1 N–H and O–H groups in total. The van der Waals surface area contributed by atoms with E-state index in [-0.39, 0.29) is 12.6 Å². The second-order valence-electron chi connectivity index (χ2n) is 13.8. The zero-order valence-corrected chi connectivity index (χ0v) is 29.4. The number of hydrogen-bond acceptors (Lipinski definition) is 3. The van der Waals surface area contributed by atoms with Gasteiger partial charge in [0.05, 0.1) is 6.61 Å². The topological polar surface area (TPSA) is 46.5 Å². The van der Waals surface area contributed by atoms with Gasteiger partial charge < -0.3 is 9.84 Å². The number of ether oxygens (including phenoxy) is 1. The molecule has 1 aliphatic carbocycles. The predicted octanol–water partition coefficient (Wildman–Crippen LogP) is 11.0. The molecule has 3 nitrogen and oxygen atoms in total. The number of hydrogen-bond donors (Lipinski definition) is 1. The van der Waals surface area contributed by atoms with E-state index in [0.29, 0.717) is 30.9 Å². The highest BCUT2D eigenvalue weighted by atomic mass is 16.5. The van der Waals surface area contributed by atoms with Crippen molar-refractivity contribution in [3.63, 3.8) is 0 Å². The molecule has 0 aliphatic heterocycles. The van der Waals surface area contributed by atoms with Crippen LogP contribution in [0.5, 0.6) is 0 Å². The molecule has 0 bridgehead atoms. The van der Waals surface area contributed by atoms with Crippen molar-refractivity contribution in [3.8, 4) is 22.3 Å². The number of aryl methyl sites for hydroxylation is 4. The van der Waals surface area contributed by atoms with Crippen molar-refractivity contribution in [2.75, 3.05) is 13.2 Å². The molecule has 0 spiro atoms. The van der Waals surface area contributed by atoms with Gasteiger partial charge in [-0.15, -0.1) is 0 Å². The van der Waals surface area contributed by atoms with Gasteiger partial charge in [-0.05, 0) is 133 Å². The minimum Gasteiger partial charge on any atom is -0.462 e. The molecule has 4 rings (SSSR count). The van der Waals surface area contributed by atoms with E-state index in [4.69, 9.17) is 4.74 Å². The Kier molecular flexibility index (Phi) is 13.7. The van der Waals surface area contributed by atoms with Crippen LogP contribution in [0.25, 0.3) is 22.3 Å². The molecule has 3 aromatic rings. The molecule has 1 saturated carbocycles. The zero-order chi connectivity index (χ0) is 33.1. The van der Waals surface area contributed by atoms with Crippen molar-refractivity contribution in [3.05, 3.63) is 94.1 Å². The van der Waals surface area contributed by atoms with Crippen LogP contribution in [0, 0.1) is 19.8 Å². The van der Waals surface area contributed by atoms with E-state index in [0.717, 1.165) is 25.2 Å². The predicted molar refractivity (Wildman–Crippen MR) is 195 cm³/mol. The molecule has 1 aliphatic rings. The SMILES string of the molecule is C=C(C)C(=O)OCCc1cc(-c2c(C)cc(-c3ccc(C4CCC(CCCCC)CC4)cc3C)cc2CCC)ccc1CCCO. The lowest BCUT2D eigenvalue weighted by Crippen LogP contribution is -2.13. The van der Waals surface area contributed by atoms with E-state index in [2.05, 4.69) is 82.8 Å². The van der Waals surface area contributed by atoms with Crippen LogP contribution in [0.15, 0.2) is 60.7 Å². The number of esters is 1. The first-order valence-electron chi connectivity index (χ1n) is 18.1. The molecule has 248 valence electrons. The van der Waals surface area contributed by atoms with Crippen molar-refractivity contribution >= 4 is 5.97 Å². The Bertz CT molecular complexity index is 1460. The fourth-order valence-corrected chi connectivity index (χ4v) is 7.53. The molecule has 46 heavy (non-hydrogen) atoms. The first-order chi connectivity index (χ1) is 22.2. The molecular formula is C43H58O3. The van der Waals surface area contributed by atoms with E-state index in [1.165, 1.54) is 107 Å². The normalized spacial score (nSPS) is 16.4. The first kappa shape index (κ1) is 35.7. The van der Waals surface area contributed by atoms with Gasteiger partial charge in [0.15, 0.2) is 0 Å². The minimum absolute atomic E-state index is 0.160. The Morgan fingerprint density at radius 3 is 2.24 bits per heavy atom. The number of aliphatic hydroxyl groups excluding tert-OH is 1. The summed E-state index contributed by atoms with van der Waals surface area (Å²) >= 11 is 0. The lowest BCUT2D eigenvalue weighted by molar-refractivity contribution is -0.138. The Balaban J connectivity index is 1.58. The summed E-state index contributed by atoms with van der Waals surface area (Å²) in [7, 11) is 0. The van der Waals surface area contributed by atoms with Crippen LogP contribution in [0.1, 0.15) is 124 Å². The van der Waals surface area contributed by atoms with Crippen LogP contribution < -0.4 is 0 Å². The lowest BCUT2D eigenvalue weighted by Gasteiger charge is -2.29. The zero-order valence-electron chi connectivity index (χ0n) is 29.4. The van der Waals surface area contributed by atoms with E-state index in [1.54, 1.807) is 6.92 Å². The summed E-state index contributed by atoms with van der Waals surface area (Å²) in [6, 6.07) is 18.8. The molecule has 0 radical (unpaired) electrons. The molecule has 0 unspecified atom stereocenters. The molecule has 0 aromatic heterocycles. The molecule has 3 aromatic carbocycles. The molecular weight excluding hydrogens is 564 g/mol. The molecule has 0 heterocycles. The summed E-state index contributed by atoms with van der Waals surface area (Å²) in [5.41, 5.74) is 13.5. The van der Waals surface area contributed by atoms with Gasteiger partial charge in [-0.1, -0.05) is 101 Å². The molecule has 0 saturated heterocycles. The Morgan fingerprint density at radius 1 is 0.804 bits per heavy atom. The maximum absolute atomic E-state index is 12.0. The largest absolute Gasteiger partial charge is 0.462 e. The minimum atomic E-state index is -0.349. The number of carbonyl (C=O) groups is 1. The monoisotopic (exact) mass is 622 g/mol. The number of benzene rings is 3. The highest BCUT2D eigenvalue weighted by molar-refractivity contribution is 5.87. The molecule has 1 fully saturated rings. The van der Waals surface area contributed by atoms with Gasteiger partial charge in [0, 0.05) is 18.6 Å². The van der Waals surface area contributed by atoms with Gasteiger partial charge in [-0.25, -0.2) is 4.79 Å². The molecule has 0 amide bonds. The summed E-state index contributed by atoms with van der Waals surface area (Å²) in [6.07, 6.45) is 15.2. The number of rotatable bonds is 16. The van der Waals surface area contributed by atoms with Gasteiger partial charge in [-0.3, -0.25) is 0 Å². The van der Waals surface area contributed by atoms with E-state index >= 15 is 0 Å². The van der Waals surface area contributed by atoms with Crippen molar-refractivity contribution < 1.29 is 14.6 Å². The average Bonchev–Trinajstić information content (AvgIpc) is 3.04. The third-order valence-corrected chi connectivity index (χ3v) is 10.1. The van der Waals surface area contributed by atoms with Crippen LogP contribution in [0.3, 0.4) is 0 Å². The van der Waals surface area contributed by atoms with Gasteiger partial charge in [-0.2, -0.15) is 0 Å². The number of aliphatic hydroxyl groups is 1. The van der Waals surface area contributed by atoms with Crippen molar-refractivity contribution in [2.24, 2.45) is 5.92 Å². The first-order valence-corrected chi connectivity index (χ1v) is 18.1. The lowest BCUT2D eigenvalue weighted by atomic mass is 9.76. The second kappa shape index (κ2) is 17.7. The van der Waals surface area contributed by atoms with Crippen molar-refractivity contribution in [1.29, 1.82) is 0 Å². The number of unbranched alkanes of at least 4 members (excludes halogenated alkanes) is 2.